The summed E-state index contributed by atoms with van der Waals surface area (Å²) in [7, 11) is 1.52. The molecule has 2 aromatic carbocycles. The molecule has 0 atom stereocenters. The van der Waals surface area contributed by atoms with Crippen molar-refractivity contribution < 1.29 is 22.7 Å². The standard InChI is InChI=1S/C28H28F3N5O2/c1-5-38-27(37)22-15-33-24(21-9-7-6-8-20(21)17(2)3)35-25(22)32-14-18-10-12-19(13-11-18)26-34-23(16-36(26)4)28(29,30)31/h6-13,15-17H,5,14H2,1-4H3,(H,32,33,35). The predicted octanol–water partition coefficient (Wildman–Crippen LogP) is 6.48. The summed E-state index contributed by atoms with van der Waals surface area (Å²) < 4.78 is 45.6. The van der Waals surface area contributed by atoms with Gasteiger partial charge in [-0.3, -0.25) is 0 Å². The van der Waals surface area contributed by atoms with Crippen LogP contribution in [0.3, 0.4) is 0 Å². The van der Waals surface area contributed by atoms with Crippen molar-refractivity contribution in [2.24, 2.45) is 7.05 Å². The summed E-state index contributed by atoms with van der Waals surface area (Å²) in [4.78, 5) is 25.4. The lowest BCUT2D eigenvalue weighted by Gasteiger charge is -2.15. The van der Waals surface area contributed by atoms with Crippen LogP contribution in [0.2, 0.25) is 0 Å². The maximum absolute atomic E-state index is 13.0. The second kappa shape index (κ2) is 11.0. The number of aryl methyl sites for hydroxylation is 1. The van der Waals surface area contributed by atoms with Crippen LogP contribution in [0.5, 0.6) is 0 Å². The molecule has 2 heterocycles. The molecule has 2 aromatic heterocycles. The van der Waals surface area contributed by atoms with E-state index in [1.54, 1.807) is 31.2 Å². The number of imidazole rings is 1. The fourth-order valence-electron chi connectivity index (χ4n) is 4.04. The number of carbonyl (C=O) groups excluding carboxylic acids is 1. The third-order valence-corrected chi connectivity index (χ3v) is 5.95. The zero-order chi connectivity index (χ0) is 27.4. The monoisotopic (exact) mass is 523 g/mol. The normalized spacial score (nSPS) is 11.6. The van der Waals surface area contributed by atoms with Gasteiger partial charge in [-0.1, -0.05) is 62.4 Å². The van der Waals surface area contributed by atoms with Crippen LogP contribution in [-0.2, 0) is 24.5 Å². The second-order valence-electron chi connectivity index (χ2n) is 9.03. The molecule has 0 bridgehead atoms. The number of esters is 1. The molecule has 0 amide bonds. The Bertz CT molecular complexity index is 1430. The Balaban J connectivity index is 1.60. The molecule has 1 N–H and O–H groups in total. The second-order valence-corrected chi connectivity index (χ2v) is 9.03. The lowest BCUT2D eigenvalue weighted by molar-refractivity contribution is -0.140. The minimum absolute atomic E-state index is 0.209. The highest BCUT2D eigenvalue weighted by molar-refractivity contribution is 5.94. The Morgan fingerprint density at radius 2 is 1.79 bits per heavy atom. The van der Waals surface area contributed by atoms with Gasteiger partial charge in [0.05, 0.1) is 6.61 Å². The van der Waals surface area contributed by atoms with Gasteiger partial charge in [-0.25, -0.2) is 19.7 Å². The topological polar surface area (TPSA) is 81.9 Å². The molecule has 0 saturated carbocycles. The molecule has 0 fully saturated rings. The Morgan fingerprint density at radius 1 is 1.08 bits per heavy atom. The summed E-state index contributed by atoms with van der Waals surface area (Å²) in [5.74, 6) is 0.737. The summed E-state index contributed by atoms with van der Waals surface area (Å²) >= 11 is 0. The van der Waals surface area contributed by atoms with Crippen LogP contribution in [0.15, 0.2) is 60.9 Å². The highest BCUT2D eigenvalue weighted by Gasteiger charge is 2.34. The van der Waals surface area contributed by atoms with E-state index in [0.29, 0.717) is 23.8 Å². The number of hydrogen-bond donors (Lipinski definition) is 1. The summed E-state index contributed by atoms with van der Waals surface area (Å²) in [6.07, 6.45) is -2.09. The number of ether oxygens (including phenoxy) is 1. The first kappa shape index (κ1) is 26.8. The highest BCUT2D eigenvalue weighted by Crippen LogP contribution is 2.31. The fraction of sp³-hybridized carbons (Fsp3) is 0.286. The van der Waals surface area contributed by atoms with Crippen LogP contribution < -0.4 is 5.32 Å². The molecule has 7 nitrogen and oxygen atoms in total. The minimum Gasteiger partial charge on any atom is -0.462 e. The molecule has 0 saturated heterocycles. The largest absolute Gasteiger partial charge is 0.462 e. The first-order chi connectivity index (χ1) is 18.1. The lowest BCUT2D eigenvalue weighted by Crippen LogP contribution is -2.13. The first-order valence-electron chi connectivity index (χ1n) is 12.2. The molecule has 10 heteroatoms. The van der Waals surface area contributed by atoms with Gasteiger partial charge >= 0.3 is 12.1 Å². The zero-order valence-electron chi connectivity index (χ0n) is 21.5. The predicted molar refractivity (Wildman–Crippen MR) is 138 cm³/mol. The van der Waals surface area contributed by atoms with Crippen molar-refractivity contribution in [1.29, 1.82) is 0 Å². The molecule has 0 spiro atoms. The summed E-state index contributed by atoms with van der Waals surface area (Å²) in [5, 5.41) is 3.20. The summed E-state index contributed by atoms with van der Waals surface area (Å²) in [6.45, 7) is 6.41. The average molecular weight is 524 g/mol. The number of hydrogen-bond acceptors (Lipinski definition) is 6. The van der Waals surface area contributed by atoms with Crippen LogP contribution in [0.25, 0.3) is 22.8 Å². The molecule has 4 rings (SSSR count). The van der Waals surface area contributed by atoms with E-state index in [2.05, 4.69) is 34.1 Å². The van der Waals surface area contributed by atoms with Crippen LogP contribution in [0, 0.1) is 0 Å². The minimum atomic E-state index is -4.51. The number of carbonyl (C=O) groups is 1. The molecule has 0 radical (unpaired) electrons. The Morgan fingerprint density at radius 3 is 2.42 bits per heavy atom. The molecule has 0 unspecified atom stereocenters. The van der Waals surface area contributed by atoms with Gasteiger partial charge in [-0.05, 0) is 24.0 Å². The molecular weight excluding hydrogens is 495 g/mol. The number of rotatable bonds is 8. The van der Waals surface area contributed by atoms with Crippen molar-refractivity contribution in [2.45, 2.75) is 39.4 Å². The maximum atomic E-state index is 13.0. The molecular formula is C28H28F3N5O2. The van der Waals surface area contributed by atoms with E-state index >= 15 is 0 Å². The van der Waals surface area contributed by atoms with Gasteiger partial charge in [0.2, 0.25) is 0 Å². The zero-order valence-corrected chi connectivity index (χ0v) is 21.5. The number of alkyl halides is 3. The number of nitrogens with zero attached hydrogens (tertiary/aromatic N) is 4. The van der Waals surface area contributed by atoms with Gasteiger partial charge in [-0.15, -0.1) is 0 Å². The van der Waals surface area contributed by atoms with Gasteiger partial charge in [0.15, 0.2) is 11.5 Å². The van der Waals surface area contributed by atoms with Gasteiger partial charge in [0.1, 0.15) is 17.2 Å². The third-order valence-electron chi connectivity index (χ3n) is 5.95. The van der Waals surface area contributed by atoms with Crippen LogP contribution in [0.4, 0.5) is 19.0 Å². The van der Waals surface area contributed by atoms with Crippen molar-refractivity contribution in [3.63, 3.8) is 0 Å². The quantitative estimate of drug-likeness (QED) is 0.267. The van der Waals surface area contributed by atoms with Gasteiger partial charge in [0, 0.05) is 37.1 Å². The fourth-order valence-corrected chi connectivity index (χ4v) is 4.04. The average Bonchev–Trinajstić information content (AvgIpc) is 3.30. The molecule has 198 valence electrons. The van der Waals surface area contributed by atoms with E-state index in [9.17, 15) is 18.0 Å². The number of anilines is 1. The van der Waals surface area contributed by atoms with Crippen LogP contribution in [-0.4, -0.2) is 32.1 Å². The van der Waals surface area contributed by atoms with Crippen molar-refractivity contribution in [2.75, 3.05) is 11.9 Å². The van der Waals surface area contributed by atoms with E-state index in [-0.39, 0.29) is 23.9 Å². The van der Waals surface area contributed by atoms with E-state index in [4.69, 9.17) is 4.74 Å². The SMILES string of the molecule is CCOC(=O)c1cnc(-c2ccccc2C(C)C)nc1NCc1ccc(-c2nc(C(F)(F)F)cn2C)cc1. The first-order valence-corrected chi connectivity index (χ1v) is 12.2. The van der Waals surface area contributed by atoms with Crippen molar-refractivity contribution in [1.82, 2.24) is 19.5 Å². The molecule has 4 aromatic rings. The smallest absolute Gasteiger partial charge is 0.434 e. The van der Waals surface area contributed by atoms with Crippen LogP contribution in [0.1, 0.15) is 53.9 Å². The maximum Gasteiger partial charge on any atom is 0.434 e. The number of halogens is 3. The molecule has 0 aliphatic rings. The Hall–Kier alpha value is -4.21. The lowest BCUT2D eigenvalue weighted by atomic mass is 9.97. The summed E-state index contributed by atoms with van der Waals surface area (Å²) in [5.41, 5.74) is 2.61. The number of aromatic nitrogens is 4. The van der Waals surface area contributed by atoms with Crippen molar-refractivity contribution in [3.05, 3.63) is 83.3 Å². The van der Waals surface area contributed by atoms with E-state index in [0.717, 1.165) is 22.9 Å². The molecule has 0 aliphatic carbocycles. The molecule has 0 aliphatic heterocycles. The van der Waals surface area contributed by atoms with E-state index < -0.39 is 17.8 Å². The highest BCUT2D eigenvalue weighted by atomic mass is 19.4. The number of nitrogens with one attached hydrogen (secondary N) is 1. The third kappa shape index (κ3) is 5.85. The van der Waals surface area contributed by atoms with Gasteiger partial charge in [0.25, 0.3) is 0 Å². The van der Waals surface area contributed by atoms with Crippen LogP contribution >= 0.6 is 0 Å². The van der Waals surface area contributed by atoms with E-state index in [1.807, 2.05) is 24.3 Å². The van der Waals surface area contributed by atoms with Crippen molar-refractivity contribution in [3.8, 4) is 22.8 Å². The molecule has 38 heavy (non-hydrogen) atoms. The number of benzene rings is 2. The Kier molecular flexibility index (Phi) is 7.80. The van der Waals surface area contributed by atoms with Gasteiger partial charge in [-0.2, -0.15) is 13.2 Å². The Labute approximate surface area is 218 Å². The van der Waals surface area contributed by atoms with E-state index in [1.165, 1.54) is 17.8 Å². The summed E-state index contributed by atoms with van der Waals surface area (Å²) in [6, 6.07) is 14.8. The van der Waals surface area contributed by atoms with Crippen molar-refractivity contribution >= 4 is 11.8 Å². The van der Waals surface area contributed by atoms with Gasteiger partial charge < -0.3 is 14.6 Å².